The van der Waals surface area contributed by atoms with E-state index in [-0.39, 0.29) is 17.9 Å². The normalized spacial score (nSPS) is 9.76. The highest BCUT2D eigenvalue weighted by Gasteiger charge is 2.19. The molecule has 21 heavy (non-hydrogen) atoms. The van der Waals surface area contributed by atoms with Crippen molar-refractivity contribution < 1.29 is 19.6 Å². The van der Waals surface area contributed by atoms with Gasteiger partial charge in [-0.05, 0) is 13.0 Å². The van der Waals surface area contributed by atoms with E-state index in [1.54, 1.807) is 0 Å². The van der Waals surface area contributed by atoms with Gasteiger partial charge in [-0.2, -0.15) is 0 Å². The number of carbonyl (C=O) groups excluding carboxylic acids is 1. The molecule has 0 aliphatic rings. The lowest BCUT2D eigenvalue weighted by Gasteiger charge is -2.20. The topological polar surface area (TPSA) is 113 Å². The van der Waals surface area contributed by atoms with Crippen molar-refractivity contribution >= 4 is 23.4 Å². The van der Waals surface area contributed by atoms with Crippen LogP contribution < -0.4 is 5.32 Å². The van der Waals surface area contributed by atoms with Crippen LogP contribution in [0.4, 0.5) is 16.2 Å². The molecule has 0 atom stereocenters. The highest BCUT2D eigenvalue weighted by Crippen LogP contribution is 2.25. The van der Waals surface area contributed by atoms with E-state index < -0.39 is 23.5 Å². The zero-order chi connectivity index (χ0) is 16.0. The van der Waals surface area contributed by atoms with Gasteiger partial charge >= 0.3 is 12.0 Å². The van der Waals surface area contributed by atoms with Gasteiger partial charge in [0.25, 0.3) is 5.69 Å². The Hall–Kier alpha value is -2.90. The van der Waals surface area contributed by atoms with Gasteiger partial charge in [0.1, 0.15) is 6.54 Å². The van der Waals surface area contributed by atoms with E-state index in [1.165, 1.54) is 31.2 Å². The fourth-order valence-electron chi connectivity index (χ4n) is 1.69. The second kappa shape index (κ2) is 7.04. The fraction of sp³-hybridized carbons (Fsp3) is 0.231. The van der Waals surface area contributed by atoms with E-state index in [4.69, 9.17) is 5.11 Å². The van der Waals surface area contributed by atoms with Crippen molar-refractivity contribution in [1.82, 2.24) is 4.90 Å². The number of amides is 2. The van der Waals surface area contributed by atoms with Crippen LogP contribution in [0.1, 0.15) is 5.56 Å². The van der Waals surface area contributed by atoms with Gasteiger partial charge in [0.05, 0.1) is 16.2 Å². The molecule has 0 aliphatic carbocycles. The van der Waals surface area contributed by atoms with Crippen molar-refractivity contribution in [1.29, 1.82) is 0 Å². The number of aliphatic carboxylic acids is 1. The van der Waals surface area contributed by atoms with E-state index in [0.29, 0.717) is 5.56 Å². The van der Waals surface area contributed by atoms with Crippen molar-refractivity contribution in [3.63, 3.8) is 0 Å². The van der Waals surface area contributed by atoms with Gasteiger partial charge in [-0.1, -0.05) is 12.1 Å². The third kappa shape index (κ3) is 4.30. The number of benzene rings is 1. The molecule has 1 rings (SSSR count). The number of hydrogen-bond acceptors (Lipinski definition) is 4. The minimum atomic E-state index is -1.16. The zero-order valence-corrected chi connectivity index (χ0v) is 11.4. The Morgan fingerprint density at radius 1 is 1.52 bits per heavy atom. The number of nitrogens with one attached hydrogen (secondary N) is 1. The summed E-state index contributed by atoms with van der Waals surface area (Å²) in [4.78, 5) is 34.0. The molecule has 1 aromatic carbocycles. The van der Waals surface area contributed by atoms with Gasteiger partial charge in [-0.15, -0.1) is 6.58 Å². The Morgan fingerprint density at radius 2 is 2.19 bits per heavy atom. The number of anilines is 1. The van der Waals surface area contributed by atoms with Crippen molar-refractivity contribution in [2.75, 3.05) is 18.4 Å². The predicted molar refractivity (Wildman–Crippen MR) is 76.3 cm³/mol. The van der Waals surface area contributed by atoms with E-state index in [2.05, 4.69) is 11.9 Å². The minimum absolute atomic E-state index is 0.0477. The minimum Gasteiger partial charge on any atom is -0.480 e. The standard InChI is InChI=1S/C13H15N3O5/c1-3-7-15(8-12(17)18)13(19)14-10-5-4-6-11(9(10)2)16(20)21/h3-6H,1,7-8H2,2H3,(H,14,19)(H,17,18). The van der Waals surface area contributed by atoms with Gasteiger partial charge < -0.3 is 15.3 Å². The lowest BCUT2D eigenvalue weighted by Crippen LogP contribution is -2.39. The maximum atomic E-state index is 12.0. The van der Waals surface area contributed by atoms with Crippen LogP contribution in [0.3, 0.4) is 0 Å². The second-order valence-corrected chi connectivity index (χ2v) is 4.20. The van der Waals surface area contributed by atoms with E-state index >= 15 is 0 Å². The Morgan fingerprint density at radius 3 is 2.71 bits per heavy atom. The van der Waals surface area contributed by atoms with Crippen LogP contribution in [0, 0.1) is 17.0 Å². The predicted octanol–water partition coefficient (Wildman–Crippen LogP) is 2.01. The van der Waals surface area contributed by atoms with E-state index in [9.17, 15) is 19.7 Å². The summed E-state index contributed by atoms with van der Waals surface area (Å²) in [7, 11) is 0. The molecule has 0 radical (unpaired) electrons. The van der Waals surface area contributed by atoms with Crippen LogP contribution in [0.25, 0.3) is 0 Å². The summed E-state index contributed by atoms with van der Waals surface area (Å²) in [5, 5.41) is 22.1. The molecular weight excluding hydrogens is 278 g/mol. The number of hydrogen-bond donors (Lipinski definition) is 2. The van der Waals surface area contributed by atoms with E-state index in [0.717, 1.165) is 4.90 Å². The molecule has 2 amide bonds. The summed E-state index contributed by atoms with van der Waals surface area (Å²) in [6.45, 7) is 4.50. The Labute approximate surface area is 120 Å². The van der Waals surface area contributed by atoms with Crippen LogP contribution >= 0.6 is 0 Å². The van der Waals surface area contributed by atoms with Crippen molar-refractivity contribution in [2.45, 2.75) is 6.92 Å². The van der Waals surface area contributed by atoms with Crippen LogP contribution in [-0.4, -0.2) is 40.0 Å². The Bertz CT molecular complexity index is 585. The molecule has 2 N–H and O–H groups in total. The van der Waals surface area contributed by atoms with Gasteiger partial charge in [0.2, 0.25) is 0 Å². The molecule has 0 heterocycles. The zero-order valence-electron chi connectivity index (χ0n) is 11.4. The average Bonchev–Trinajstić information content (AvgIpc) is 2.39. The molecule has 8 heteroatoms. The smallest absolute Gasteiger partial charge is 0.323 e. The third-order valence-electron chi connectivity index (χ3n) is 2.71. The molecule has 8 nitrogen and oxygen atoms in total. The van der Waals surface area contributed by atoms with Crippen LogP contribution in [-0.2, 0) is 4.79 Å². The largest absolute Gasteiger partial charge is 0.480 e. The summed E-state index contributed by atoms with van der Waals surface area (Å²) < 4.78 is 0. The van der Waals surface area contributed by atoms with Gasteiger partial charge in [-0.3, -0.25) is 14.9 Å². The lowest BCUT2D eigenvalue weighted by atomic mass is 10.1. The SMILES string of the molecule is C=CCN(CC(=O)O)C(=O)Nc1cccc([N+](=O)[O-])c1C. The van der Waals surface area contributed by atoms with Gasteiger partial charge in [-0.25, -0.2) is 4.79 Å². The third-order valence-corrected chi connectivity index (χ3v) is 2.71. The summed E-state index contributed by atoms with van der Waals surface area (Å²) in [6, 6.07) is 3.60. The second-order valence-electron chi connectivity index (χ2n) is 4.20. The molecule has 0 aromatic heterocycles. The monoisotopic (exact) mass is 293 g/mol. The number of carbonyl (C=O) groups is 2. The number of carboxylic acid groups (broad SMARTS) is 1. The number of urea groups is 1. The first kappa shape index (κ1) is 16.2. The molecule has 0 saturated heterocycles. The molecule has 1 aromatic rings. The molecule has 0 fully saturated rings. The van der Waals surface area contributed by atoms with Crippen molar-refractivity contribution in [3.05, 3.63) is 46.5 Å². The molecule has 0 unspecified atom stereocenters. The van der Waals surface area contributed by atoms with Crippen LogP contribution in [0.15, 0.2) is 30.9 Å². The number of carboxylic acids is 1. The quantitative estimate of drug-likeness (QED) is 0.473. The molecule has 0 aliphatic heterocycles. The first-order chi connectivity index (χ1) is 9.86. The number of nitro groups is 1. The van der Waals surface area contributed by atoms with Crippen molar-refractivity contribution in [3.8, 4) is 0 Å². The lowest BCUT2D eigenvalue weighted by molar-refractivity contribution is -0.385. The van der Waals surface area contributed by atoms with Crippen LogP contribution in [0.2, 0.25) is 0 Å². The molecule has 0 saturated carbocycles. The highest BCUT2D eigenvalue weighted by molar-refractivity contribution is 5.92. The summed E-state index contributed by atoms with van der Waals surface area (Å²) in [5.74, 6) is -1.16. The first-order valence-electron chi connectivity index (χ1n) is 5.99. The van der Waals surface area contributed by atoms with Crippen molar-refractivity contribution in [2.24, 2.45) is 0 Å². The van der Waals surface area contributed by atoms with Gasteiger partial charge in [0.15, 0.2) is 0 Å². The maximum absolute atomic E-state index is 12.0. The van der Waals surface area contributed by atoms with Gasteiger partial charge in [0, 0.05) is 12.6 Å². The molecule has 112 valence electrons. The number of nitrogens with zero attached hydrogens (tertiary/aromatic N) is 2. The molecule has 0 spiro atoms. The summed E-state index contributed by atoms with van der Waals surface area (Å²) in [5.41, 5.74) is 0.430. The Kier molecular flexibility index (Phi) is 5.41. The maximum Gasteiger partial charge on any atom is 0.323 e. The highest BCUT2D eigenvalue weighted by atomic mass is 16.6. The molecule has 0 bridgehead atoms. The first-order valence-corrected chi connectivity index (χ1v) is 5.99. The van der Waals surface area contributed by atoms with E-state index in [1.807, 2.05) is 0 Å². The summed E-state index contributed by atoms with van der Waals surface area (Å²) in [6.07, 6.45) is 1.39. The Balaban J connectivity index is 2.95. The number of nitro benzene ring substituents is 1. The van der Waals surface area contributed by atoms with Crippen LogP contribution in [0.5, 0.6) is 0 Å². The fourth-order valence-corrected chi connectivity index (χ4v) is 1.69. The average molecular weight is 293 g/mol. The summed E-state index contributed by atoms with van der Waals surface area (Å²) >= 11 is 0. The molecular formula is C13H15N3O5. The number of rotatable bonds is 6.